The van der Waals surface area contributed by atoms with Crippen LogP contribution in [0.25, 0.3) is 0 Å². The van der Waals surface area contributed by atoms with Crippen LogP contribution in [-0.4, -0.2) is 53.6 Å². The molecule has 33 heavy (non-hydrogen) atoms. The summed E-state index contributed by atoms with van der Waals surface area (Å²) in [6, 6.07) is 30.7. The molecule has 0 aromatic heterocycles. The van der Waals surface area contributed by atoms with Crippen molar-refractivity contribution in [2.24, 2.45) is 0 Å². The van der Waals surface area contributed by atoms with Crippen LogP contribution < -0.4 is 0 Å². The van der Waals surface area contributed by atoms with Crippen LogP contribution in [-0.2, 0) is 4.79 Å². The molecule has 4 nitrogen and oxygen atoms in total. The Kier molecular flexibility index (Phi) is 9.07. The number of aliphatic hydroxyl groups excluding tert-OH is 1. The van der Waals surface area contributed by atoms with Crippen LogP contribution in [0.2, 0.25) is 0 Å². The van der Waals surface area contributed by atoms with E-state index < -0.39 is 0 Å². The van der Waals surface area contributed by atoms with Gasteiger partial charge < -0.3 is 10.0 Å². The van der Waals surface area contributed by atoms with Gasteiger partial charge in [0.2, 0.25) is 5.91 Å². The lowest BCUT2D eigenvalue weighted by Gasteiger charge is -2.33. The van der Waals surface area contributed by atoms with Crippen molar-refractivity contribution in [3.05, 3.63) is 108 Å². The molecule has 0 saturated carbocycles. The number of nitrogens with zero attached hydrogens (tertiary/aromatic N) is 2. The van der Waals surface area contributed by atoms with Gasteiger partial charge in [-0.2, -0.15) is 0 Å². The van der Waals surface area contributed by atoms with Crippen LogP contribution in [0.3, 0.4) is 0 Å². The van der Waals surface area contributed by atoms with Crippen molar-refractivity contribution in [3.8, 4) is 0 Å². The maximum Gasteiger partial charge on any atom is 0.223 e. The van der Waals surface area contributed by atoms with E-state index in [0.717, 1.165) is 36.2 Å². The minimum absolute atomic E-state index is 0. The summed E-state index contributed by atoms with van der Waals surface area (Å²) in [6.45, 7) is 2.26. The predicted molar refractivity (Wildman–Crippen MR) is 136 cm³/mol. The molecule has 1 amide bonds. The molecule has 2 atom stereocenters. The standard InChI is InChI=1S/C28H32N2O2.ClH/c1-29(27(24-15-9-4-10-16-24)21-30-18-17-25(31)20-30)28(32)19-26(22-11-5-2-6-12-22)23-13-7-3-8-14-23;/h2-16,25-27,31H,17-21H2,1H3;1H/t25-,27+;/m0./s1. The monoisotopic (exact) mass is 464 g/mol. The zero-order chi connectivity index (χ0) is 22.3. The number of likely N-dealkylation sites (N-methyl/N-ethyl adjacent to an activating group) is 1. The molecule has 3 aromatic carbocycles. The number of halogens is 1. The van der Waals surface area contributed by atoms with Gasteiger partial charge in [-0.1, -0.05) is 91.0 Å². The number of β-amino-alcohol motifs (C(OH)–C–C–N with tert-alkyl or cyclic N) is 1. The van der Waals surface area contributed by atoms with Gasteiger partial charge in [0, 0.05) is 39.0 Å². The van der Waals surface area contributed by atoms with Gasteiger partial charge in [-0.15, -0.1) is 12.4 Å². The van der Waals surface area contributed by atoms with Gasteiger partial charge in [0.25, 0.3) is 0 Å². The first-order valence-electron chi connectivity index (χ1n) is 11.4. The molecule has 1 heterocycles. The average Bonchev–Trinajstić information content (AvgIpc) is 3.26. The summed E-state index contributed by atoms with van der Waals surface area (Å²) in [5.74, 6) is 0.133. The van der Waals surface area contributed by atoms with Crippen molar-refractivity contribution < 1.29 is 9.90 Å². The molecule has 3 aromatic rings. The van der Waals surface area contributed by atoms with Gasteiger partial charge in [0.15, 0.2) is 0 Å². The molecule has 1 fully saturated rings. The third-order valence-electron chi connectivity index (χ3n) is 6.51. The Hall–Kier alpha value is -2.66. The largest absolute Gasteiger partial charge is 0.392 e. The second kappa shape index (κ2) is 12.0. The van der Waals surface area contributed by atoms with Gasteiger partial charge in [-0.05, 0) is 23.1 Å². The molecular weight excluding hydrogens is 432 g/mol. The van der Waals surface area contributed by atoms with E-state index in [4.69, 9.17) is 0 Å². The molecule has 0 unspecified atom stereocenters. The number of rotatable bonds is 8. The number of hydrogen-bond acceptors (Lipinski definition) is 3. The van der Waals surface area contributed by atoms with Crippen LogP contribution in [0.1, 0.15) is 41.5 Å². The van der Waals surface area contributed by atoms with E-state index in [-0.39, 0.29) is 36.4 Å². The zero-order valence-electron chi connectivity index (χ0n) is 19.1. The summed E-state index contributed by atoms with van der Waals surface area (Å²) in [4.78, 5) is 17.8. The molecule has 1 N–H and O–H groups in total. The van der Waals surface area contributed by atoms with E-state index in [0.29, 0.717) is 13.0 Å². The summed E-state index contributed by atoms with van der Waals surface area (Å²) in [7, 11) is 1.92. The van der Waals surface area contributed by atoms with Crippen LogP contribution in [0, 0.1) is 0 Å². The highest BCUT2D eigenvalue weighted by Crippen LogP contribution is 2.31. The van der Waals surface area contributed by atoms with Gasteiger partial charge in [0.1, 0.15) is 0 Å². The van der Waals surface area contributed by atoms with Crippen LogP contribution >= 0.6 is 12.4 Å². The second-order valence-corrected chi connectivity index (χ2v) is 8.71. The third kappa shape index (κ3) is 6.44. The minimum atomic E-state index is -0.270. The van der Waals surface area contributed by atoms with Gasteiger partial charge in [-0.25, -0.2) is 0 Å². The normalized spacial score (nSPS) is 16.9. The Bertz CT molecular complexity index is 945. The highest BCUT2D eigenvalue weighted by molar-refractivity contribution is 5.85. The van der Waals surface area contributed by atoms with Crippen LogP contribution in [0.15, 0.2) is 91.0 Å². The summed E-state index contributed by atoms with van der Waals surface area (Å²) in [5, 5.41) is 9.98. The van der Waals surface area contributed by atoms with Crippen molar-refractivity contribution in [3.63, 3.8) is 0 Å². The number of amides is 1. The Morgan fingerprint density at radius 3 is 1.85 bits per heavy atom. The molecule has 0 spiro atoms. The lowest BCUT2D eigenvalue weighted by Crippen LogP contribution is -2.39. The molecule has 0 radical (unpaired) electrons. The average molecular weight is 465 g/mol. The molecule has 5 heteroatoms. The molecule has 174 valence electrons. The molecule has 0 bridgehead atoms. The van der Waals surface area contributed by atoms with E-state index in [1.807, 2.05) is 66.5 Å². The Morgan fingerprint density at radius 2 is 1.39 bits per heavy atom. The first-order chi connectivity index (χ1) is 15.6. The Labute approximate surface area is 203 Å². The lowest BCUT2D eigenvalue weighted by molar-refractivity contribution is -0.132. The fraction of sp³-hybridized carbons (Fsp3) is 0.321. The molecule has 1 aliphatic heterocycles. The first-order valence-corrected chi connectivity index (χ1v) is 11.4. The number of aliphatic hydroxyl groups is 1. The maximum absolute atomic E-state index is 13.6. The minimum Gasteiger partial charge on any atom is -0.392 e. The van der Waals surface area contributed by atoms with Crippen LogP contribution in [0.5, 0.6) is 0 Å². The first kappa shape index (κ1) is 25.0. The molecule has 4 rings (SSSR count). The summed E-state index contributed by atoms with van der Waals surface area (Å²) in [6.07, 6.45) is 0.938. The van der Waals surface area contributed by atoms with Crippen molar-refractivity contribution >= 4 is 18.3 Å². The fourth-order valence-electron chi connectivity index (χ4n) is 4.64. The van der Waals surface area contributed by atoms with Gasteiger partial charge >= 0.3 is 0 Å². The number of carbonyl (C=O) groups excluding carboxylic acids is 1. The number of likely N-dealkylation sites (tertiary alicyclic amines) is 1. The summed E-state index contributed by atoms with van der Waals surface area (Å²) >= 11 is 0. The topological polar surface area (TPSA) is 43.8 Å². The van der Waals surface area contributed by atoms with E-state index in [1.165, 1.54) is 0 Å². The highest BCUT2D eigenvalue weighted by atomic mass is 35.5. The fourth-order valence-corrected chi connectivity index (χ4v) is 4.64. The van der Waals surface area contributed by atoms with Crippen LogP contribution in [0.4, 0.5) is 0 Å². The van der Waals surface area contributed by atoms with E-state index in [2.05, 4.69) is 41.3 Å². The number of hydrogen-bond donors (Lipinski definition) is 1. The number of benzene rings is 3. The van der Waals surface area contributed by atoms with E-state index in [1.54, 1.807) is 0 Å². The summed E-state index contributed by atoms with van der Waals surface area (Å²) < 4.78 is 0. The predicted octanol–water partition coefficient (Wildman–Crippen LogP) is 4.90. The summed E-state index contributed by atoms with van der Waals surface area (Å²) in [5.41, 5.74) is 3.43. The smallest absolute Gasteiger partial charge is 0.223 e. The maximum atomic E-state index is 13.6. The Morgan fingerprint density at radius 1 is 0.909 bits per heavy atom. The van der Waals surface area contributed by atoms with Gasteiger partial charge in [0.05, 0.1) is 12.1 Å². The molecular formula is C28H33ClN2O2. The number of carbonyl (C=O) groups is 1. The zero-order valence-corrected chi connectivity index (χ0v) is 19.9. The van der Waals surface area contributed by atoms with Crippen molar-refractivity contribution in [1.82, 2.24) is 9.80 Å². The molecule has 1 aliphatic rings. The van der Waals surface area contributed by atoms with Crippen molar-refractivity contribution in [2.75, 3.05) is 26.7 Å². The van der Waals surface area contributed by atoms with E-state index in [9.17, 15) is 9.90 Å². The lowest BCUT2D eigenvalue weighted by atomic mass is 9.88. The highest BCUT2D eigenvalue weighted by Gasteiger charge is 2.29. The SMILES string of the molecule is CN(C(=O)CC(c1ccccc1)c1ccccc1)[C@H](CN1CC[C@H](O)C1)c1ccccc1.Cl. The van der Waals surface area contributed by atoms with Gasteiger partial charge in [-0.3, -0.25) is 9.69 Å². The van der Waals surface area contributed by atoms with Crippen molar-refractivity contribution in [1.29, 1.82) is 0 Å². The second-order valence-electron chi connectivity index (χ2n) is 8.71. The van der Waals surface area contributed by atoms with E-state index >= 15 is 0 Å². The third-order valence-corrected chi connectivity index (χ3v) is 6.51. The van der Waals surface area contributed by atoms with Crippen molar-refractivity contribution in [2.45, 2.75) is 30.9 Å². The Balaban J connectivity index is 0.00000306. The molecule has 0 aliphatic carbocycles. The quantitative estimate of drug-likeness (QED) is 0.515. The molecule has 1 saturated heterocycles.